The van der Waals surface area contributed by atoms with E-state index in [1.165, 1.54) is 23.5 Å². The van der Waals surface area contributed by atoms with E-state index in [2.05, 4.69) is 19.5 Å². The van der Waals surface area contributed by atoms with Crippen molar-refractivity contribution >= 4 is 56.5 Å². The van der Waals surface area contributed by atoms with Crippen molar-refractivity contribution in [1.29, 1.82) is 0 Å². The average Bonchev–Trinajstić information content (AvgIpc) is 3.31. The smallest absolute Gasteiger partial charge is 0.273 e. The Bertz CT molecular complexity index is 976. The van der Waals surface area contributed by atoms with Crippen molar-refractivity contribution in [3.05, 3.63) is 34.6 Å². The number of thiazole rings is 1. The molecule has 0 bridgehead atoms. The predicted molar refractivity (Wildman–Crippen MR) is 115 cm³/mol. The Morgan fingerprint density at radius 2 is 2.14 bits per heavy atom. The Kier molecular flexibility index (Phi) is 7.47. The maximum Gasteiger partial charge on any atom is 0.273 e. The summed E-state index contributed by atoms with van der Waals surface area (Å²) in [6, 6.07) is 4.47. The zero-order chi connectivity index (χ0) is 19.5. The Hall–Kier alpha value is -1.72. The van der Waals surface area contributed by atoms with Crippen LogP contribution in [-0.4, -0.2) is 64.8 Å². The van der Waals surface area contributed by atoms with E-state index in [0.29, 0.717) is 27.8 Å². The van der Waals surface area contributed by atoms with Crippen molar-refractivity contribution in [2.24, 2.45) is 0 Å². The number of aryl methyl sites for hydroxylation is 1. The molecule has 0 atom stereocenters. The number of halogens is 2. The number of fused-ring (bicyclic) bond motifs is 1. The lowest BCUT2D eigenvalue weighted by atomic mass is 10.3. The largest absolute Gasteiger partial charge is 0.379 e. The minimum absolute atomic E-state index is 0. The minimum atomic E-state index is -0.310. The Morgan fingerprint density at radius 1 is 1.34 bits per heavy atom. The third-order valence-corrected chi connectivity index (χ3v) is 6.48. The summed E-state index contributed by atoms with van der Waals surface area (Å²) >= 11 is 2.41. The first-order valence-electron chi connectivity index (χ1n) is 9.09. The first-order valence-corrected chi connectivity index (χ1v) is 10.7. The van der Waals surface area contributed by atoms with Gasteiger partial charge in [0.2, 0.25) is 0 Å². The number of rotatable bonds is 6. The molecular formula is C18H21ClFN5O2S2. The monoisotopic (exact) mass is 457 g/mol. The maximum atomic E-state index is 13.6. The van der Waals surface area contributed by atoms with Crippen LogP contribution < -0.4 is 4.90 Å². The number of morpholine rings is 1. The zero-order valence-corrected chi connectivity index (χ0v) is 18.3. The summed E-state index contributed by atoms with van der Waals surface area (Å²) in [7, 11) is 0. The van der Waals surface area contributed by atoms with E-state index in [1.807, 2.05) is 0 Å². The highest BCUT2D eigenvalue weighted by molar-refractivity contribution is 7.22. The van der Waals surface area contributed by atoms with Crippen LogP contribution in [0.4, 0.5) is 9.52 Å². The number of amides is 1. The molecule has 1 fully saturated rings. The van der Waals surface area contributed by atoms with Crippen molar-refractivity contribution < 1.29 is 13.9 Å². The molecule has 3 aromatic rings. The third kappa shape index (κ3) is 5.07. The Labute approximate surface area is 182 Å². The van der Waals surface area contributed by atoms with Crippen LogP contribution in [0.1, 0.15) is 21.8 Å². The summed E-state index contributed by atoms with van der Waals surface area (Å²) in [5.74, 6) is -0.468. The summed E-state index contributed by atoms with van der Waals surface area (Å²) < 4.78 is 23.5. The van der Waals surface area contributed by atoms with Crippen LogP contribution in [0.3, 0.4) is 0 Å². The second-order valence-corrected chi connectivity index (χ2v) is 8.32. The van der Waals surface area contributed by atoms with Gasteiger partial charge in [0.15, 0.2) is 5.13 Å². The highest BCUT2D eigenvalue weighted by Crippen LogP contribution is 2.31. The fraction of sp³-hybridized carbons (Fsp3) is 0.444. The van der Waals surface area contributed by atoms with E-state index in [-0.39, 0.29) is 24.1 Å². The number of hydrogen-bond donors (Lipinski definition) is 0. The van der Waals surface area contributed by atoms with E-state index < -0.39 is 0 Å². The Morgan fingerprint density at radius 3 is 2.86 bits per heavy atom. The quantitative estimate of drug-likeness (QED) is 0.565. The van der Waals surface area contributed by atoms with E-state index >= 15 is 0 Å². The number of nitrogens with zero attached hydrogens (tertiary/aromatic N) is 5. The molecule has 1 amide bonds. The highest BCUT2D eigenvalue weighted by atomic mass is 35.5. The number of carbonyl (C=O) groups is 1. The van der Waals surface area contributed by atoms with Gasteiger partial charge in [-0.1, -0.05) is 15.8 Å². The molecule has 0 unspecified atom stereocenters. The van der Waals surface area contributed by atoms with Gasteiger partial charge in [-0.3, -0.25) is 14.6 Å². The van der Waals surface area contributed by atoms with Gasteiger partial charge < -0.3 is 4.74 Å². The third-order valence-electron chi connectivity index (χ3n) is 4.62. The van der Waals surface area contributed by atoms with E-state index in [0.717, 1.165) is 55.5 Å². The molecule has 3 heterocycles. The van der Waals surface area contributed by atoms with Crippen LogP contribution in [0.15, 0.2) is 18.2 Å². The lowest BCUT2D eigenvalue weighted by molar-refractivity contribution is 0.0376. The first kappa shape index (κ1) is 22.0. The number of ether oxygens (including phenoxy) is 1. The minimum Gasteiger partial charge on any atom is -0.379 e. The second-order valence-electron chi connectivity index (χ2n) is 6.56. The van der Waals surface area contributed by atoms with Gasteiger partial charge in [-0.2, -0.15) is 0 Å². The van der Waals surface area contributed by atoms with Gasteiger partial charge in [0, 0.05) is 26.2 Å². The highest BCUT2D eigenvalue weighted by Gasteiger charge is 2.25. The van der Waals surface area contributed by atoms with Crippen LogP contribution in [0.25, 0.3) is 10.2 Å². The van der Waals surface area contributed by atoms with Gasteiger partial charge in [-0.15, -0.1) is 17.5 Å². The van der Waals surface area contributed by atoms with E-state index in [9.17, 15) is 9.18 Å². The van der Waals surface area contributed by atoms with Crippen LogP contribution in [0.2, 0.25) is 0 Å². The molecule has 0 N–H and O–H groups in total. The summed E-state index contributed by atoms with van der Waals surface area (Å²) in [6.45, 7) is 6.49. The average molecular weight is 458 g/mol. The second kappa shape index (κ2) is 9.86. The molecule has 1 aliphatic heterocycles. The lowest BCUT2D eigenvalue weighted by Gasteiger charge is -2.27. The molecule has 0 saturated carbocycles. The maximum absolute atomic E-state index is 13.6. The molecule has 0 aliphatic carbocycles. The Balaban J connectivity index is 0.00000240. The summed E-state index contributed by atoms with van der Waals surface area (Å²) in [5.41, 5.74) is 1.30. The number of hydrogen-bond acceptors (Lipinski definition) is 8. The fourth-order valence-corrected chi connectivity index (χ4v) is 4.73. The van der Waals surface area contributed by atoms with Crippen molar-refractivity contribution in [2.45, 2.75) is 13.3 Å². The number of benzene rings is 1. The molecule has 4 rings (SSSR count). The molecule has 1 aromatic carbocycles. The number of carbonyl (C=O) groups excluding carboxylic acids is 1. The summed E-state index contributed by atoms with van der Waals surface area (Å²) in [4.78, 5) is 22.3. The van der Waals surface area contributed by atoms with Gasteiger partial charge in [0.25, 0.3) is 5.91 Å². The molecule has 7 nitrogen and oxygen atoms in total. The SMILES string of the molecule is Cc1nnsc1C(=O)N(CCCN1CCOCC1)c1nc2ccc(F)cc2s1.Cl. The molecule has 1 saturated heterocycles. The van der Waals surface area contributed by atoms with E-state index in [1.54, 1.807) is 17.9 Å². The number of anilines is 1. The molecule has 29 heavy (non-hydrogen) atoms. The molecule has 1 aliphatic rings. The van der Waals surface area contributed by atoms with Crippen molar-refractivity contribution in [2.75, 3.05) is 44.3 Å². The van der Waals surface area contributed by atoms with Crippen LogP contribution in [0, 0.1) is 12.7 Å². The fourth-order valence-electron chi connectivity index (χ4n) is 3.11. The van der Waals surface area contributed by atoms with Crippen molar-refractivity contribution in [3.63, 3.8) is 0 Å². The molecule has 0 spiro atoms. The van der Waals surface area contributed by atoms with Crippen molar-refractivity contribution in [1.82, 2.24) is 19.5 Å². The van der Waals surface area contributed by atoms with Crippen LogP contribution in [-0.2, 0) is 4.74 Å². The molecule has 2 aromatic heterocycles. The van der Waals surface area contributed by atoms with Crippen LogP contribution in [0.5, 0.6) is 0 Å². The van der Waals surface area contributed by atoms with Gasteiger partial charge in [-0.05, 0) is 43.1 Å². The lowest BCUT2D eigenvalue weighted by Crippen LogP contribution is -2.39. The summed E-state index contributed by atoms with van der Waals surface area (Å²) in [5, 5.41) is 4.52. The molecule has 11 heteroatoms. The van der Waals surface area contributed by atoms with Gasteiger partial charge in [0.1, 0.15) is 10.7 Å². The molecule has 0 radical (unpaired) electrons. The van der Waals surface area contributed by atoms with E-state index in [4.69, 9.17) is 4.74 Å². The number of aromatic nitrogens is 3. The predicted octanol–water partition coefficient (Wildman–Crippen LogP) is 3.39. The van der Waals surface area contributed by atoms with Gasteiger partial charge >= 0.3 is 0 Å². The zero-order valence-electron chi connectivity index (χ0n) is 15.8. The first-order chi connectivity index (χ1) is 13.6. The molecule has 156 valence electrons. The standard InChI is InChI=1S/C18H20FN5O2S2.ClH/c1-12-16(28-22-21-12)17(25)24(6-2-5-23-7-9-26-10-8-23)18-20-14-4-3-13(19)11-15(14)27-18;/h3-4,11H,2,5-10H2,1H3;1H. The van der Waals surface area contributed by atoms with Gasteiger partial charge in [-0.25, -0.2) is 9.37 Å². The normalized spacial score (nSPS) is 14.7. The van der Waals surface area contributed by atoms with Gasteiger partial charge in [0.05, 0.1) is 29.1 Å². The topological polar surface area (TPSA) is 71.5 Å². The summed E-state index contributed by atoms with van der Waals surface area (Å²) in [6.07, 6.45) is 0.807. The van der Waals surface area contributed by atoms with Crippen molar-refractivity contribution in [3.8, 4) is 0 Å². The molecular weight excluding hydrogens is 437 g/mol. The van der Waals surface area contributed by atoms with Crippen LogP contribution >= 0.6 is 35.3 Å².